The van der Waals surface area contributed by atoms with Gasteiger partial charge in [0.25, 0.3) is 0 Å². The van der Waals surface area contributed by atoms with E-state index in [1.165, 1.54) is 30.3 Å². The molecular weight excluding hydrogens is 326 g/mol. The Hall–Kier alpha value is -2.60. The summed E-state index contributed by atoms with van der Waals surface area (Å²) in [7, 11) is 0.938. The van der Waals surface area contributed by atoms with Crippen molar-refractivity contribution in [2.45, 2.75) is 4.90 Å². The van der Waals surface area contributed by atoms with E-state index in [4.69, 9.17) is 4.74 Å². The van der Waals surface area contributed by atoms with Gasteiger partial charge in [-0.3, -0.25) is 4.79 Å². The molecule has 0 amide bonds. The van der Waals surface area contributed by atoms with Gasteiger partial charge in [0.15, 0.2) is 0 Å². The third-order valence-corrected chi connectivity index (χ3v) is 5.06. The molecule has 0 fully saturated rings. The highest BCUT2D eigenvalue weighted by molar-refractivity contribution is 7.96. The number of carbonyl (C=O) groups excluding carboxylic acids is 1. The first kappa shape index (κ1) is 17.7. The van der Waals surface area contributed by atoms with Gasteiger partial charge in [-0.2, -0.15) is 0 Å². The molecule has 0 aliphatic rings. The Morgan fingerprint density at radius 3 is 2.08 bits per heavy atom. The van der Waals surface area contributed by atoms with Crippen molar-refractivity contribution in [2.75, 3.05) is 21.2 Å². The largest absolute Gasteiger partial charge is 0.497 e. The molecule has 0 aliphatic heterocycles. The van der Waals surface area contributed by atoms with E-state index in [0.717, 1.165) is 0 Å². The minimum atomic E-state index is -3.92. The van der Waals surface area contributed by atoms with Crippen LogP contribution in [-0.2, 0) is 9.84 Å². The van der Waals surface area contributed by atoms with Crippen LogP contribution >= 0.6 is 0 Å². The minimum absolute atomic E-state index is 0.0833. The number of methoxy groups -OCH3 is 1. The van der Waals surface area contributed by atoms with Crippen molar-refractivity contribution in [1.82, 2.24) is 4.90 Å². The van der Waals surface area contributed by atoms with Gasteiger partial charge in [-0.1, -0.05) is 18.2 Å². The number of Topliss-reactive ketones (excluding diaryl/α,β-unsaturated/α-hetero) is 1. The summed E-state index contributed by atoms with van der Waals surface area (Å²) in [4.78, 5) is 14.1. The van der Waals surface area contributed by atoms with Gasteiger partial charge in [0, 0.05) is 25.9 Å². The summed E-state index contributed by atoms with van der Waals surface area (Å²) in [5, 5.41) is 0. The molecule has 0 spiro atoms. The van der Waals surface area contributed by atoms with E-state index in [9.17, 15) is 13.2 Å². The summed E-state index contributed by atoms with van der Waals surface area (Å²) in [5.41, 5.74) is 0.281. The van der Waals surface area contributed by atoms with E-state index in [1.54, 1.807) is 56.6 Å². The van der Waals surface area contributed by atoms with Crippen LogP contribution in [0.2, 0.25) is 0 Å². The molecular formula is C18H19NO4S. The maximum absolute atomic E-state index is 12.9. The average molecular weight is 345 g/mol. The first-order valence-electron chi connectivity index (χ1n) is 7.23. The van der Waals surface area contributed by atoms with Crippen LogP contribution in [-0.4, -0.2) is 40.3 Å². The number of ketones is 1. The number of sulfone groups is 1. The summed E-state index contributed by atoms with van der Waals surface area (Å²) < 4.78 is 30.8. The van der Waals surface area contributed by atoms with E-state index >= 15 is 0 Å². The molecule has 0 aromatic heterocycles. The monoisotopic (exact) mass is 345 g/mol. The first-order chi connectivity index (χ1) is 11.4. The van der Waals surface area contributed by atoms with Crippen LogP contribution in [0.1, 0.15) is 10.4 Å². The predicted molar refractivity (Wildman–Crippen MR) is 92.7 cm³/mol. The lowest BCUT2D eigenvalue weighted by Crippen LogP contribution is -2.18. The van der Waals surface area contributed by atoms with Crippen molar-refractivity contribution in [3.05, 3.63) is 71.3 Å². The molecule has 0 N–H and O–H groups in total. The van der Waals surface area contributed by atoms with Crippen LogP contribution in [0, 0.1) is 0 Å². The third kappa shape index (κ3) is 3.83. The maximum Gasteiger partial charge on any atom is 0.211 e. The highest BCUT2D eigenvalue weighted by Gasteiger charge is 2.28. The zero-order valence-corrected chi connectivity index (χ0v) is 14.6. The number of allylic oxidation sites excluding steroid dienone is 1. The number of hydrogen-bond acceptors (Lipinski definition) is 5. The second-order valence-corrected chi connectivity index (χ2v) is 7.25. The number of rotatable bonds is 6. The molecule has 0 saturated carbocycles. The summed E-state index contributed by atoms with van der Waals surface area (Å²) in [6, 6.07) is 14.2. The molecule has 0 atom stereocenters. The lowest BCUT2D eigenvalue weighted by atomic mass is 10.1. The zero-order valence-electron chi connectivity index (χ0n) is 13.8. The molecule has 2 aromatic carbocycles. The number of nitrogens with zero attached hydrogens (tertiary/aromatic N) is 1. The summed E-state index contributed by atoms with van der Waals surface area (Å²) >= 11 is 0. The van der Waals surface area contributed by atoms with Gasteiger partial charge in [-0.05, 0) is 36.4 Å². The molecule has 24 heavy (non-hydrogen) atoms. The van der Waals surface area contributed by atoms with Gasteiger partial charge in [0.05, 0.1) is 12.0 Å². The molecule has 5 nitrogen and oxygen atoms in total. The topological polar surface area (TPSA) is 63.7 Å². The van der Waals surface area contributed by atoms with Gasteiger partial charge < -0.3 is 9.64 Å². The SMILES string of the molecule is COc1ccc(C(=O)C(=CN(C)C)S(=O)(=O)c2ccccc2)cc1. The smallest absolute Gasteiger partial charge is 0.211 e. The molecule has 2 aromatic rings. The molecule has 2 rings (SSSR count). The molecule has 126 valence electrons. The van der Waals surface area contributed by atoms with E-state index in [0.29, 0.717) is 5.75 Å². The van der Waals surface area contributed by atoms with Crippen LogP contribution in [0.3, 0.4) is 0 Å². The van der Waals surface area contributed by atoms with Crippen LogP contribution in [0.15, 0.2) is 70.6 Å². The molecule has 0 radical (unpaired) electrons. The maximum atomic E-state index is 12.9. The predicted octanol–water partition coefficient (Wildman–Crippen LogP) is 2.75. The molecule has 0 saturated heterocycles. The Labute approximate surface area is 142 Å². The number of hydrogen-bond donors (Lipinski definition) is 0. The van der Waals surface area contributed by atoms with E-state index in [1.807, 2.05) is 0 Å². The van der Waals surface area contributed by atoms with Crippen molar-refractivity contribution in [2.24, 2.45) is 0 Å². The molecule has 0 bridgehead atoms. The van der Waals surface area contributed by atoms with Crippen LogP contribution < -0.4 is 4.74 Å². The Morgan fingerprint density at radius 2 is 1.58 bits per heavy atom. The molecule has 0 unspecified atom stereocenters. The third-order valence-electron chi connectivity index (χ3n) is 3.29. The fraction of sp³-hybridized carbons (Fsp3) is 0.167. The Bertz CT molecular complexity index is 838. The molecule has 0 aliphatic carbocycles. The molecule has 0 heterocycles. The summed E-state index contributed by atoms with van der Waals surface area (Å²) in [6.07, 6.45) is 1.33. The highest BCUT2D eigenvalue weighted by atomic mass is 32.2. The quantitative estimate of drug-likeness (QED) is 0.595. The van der Waals surface area contributed by atoms with Crippen LogP contribution in [0.5, 0.6) is 5.75 Å². The van der Waals surface area contributed by atoms with Crippen molar-refractivity contribution in [3.63, 3.8) is 0 Å². The lowest BCUT2D eigenvalue weighted by Gasteiger charge is -2.13. The molecule has 6 heteroatoms. The Kier molecular flexibility index (Phi) is 5.41. The Morgan fingerprint density at radius 1 is 1.00 bits per heavy atom. The van der Waals surface area contributed by atoms with Crippen molar-refractivity contribution < 1.29 is 17.9 Å². The van der Waals surface area contributed by atoms with E-state index < -0.39 is 15.6 Å². The van der Waals surface area contributed by atoms with Gasteiger partial charge in [0.2, 0.25) is 15.6 Å². The fourth-order valence-electron chi connectivity index (χ4n) is 2.10. The van der Waals surface area contributed by atoms with Crippen LogP contribution in [0.25, 0.3) is 0 Å². The highest BCUT2D eigenvalue weighted by Crippen LogP contribution is 2.24. The first-order valence-corrected chi connectivity index (χ1v) is 8.71. The van der Waals surface area contributed by atoms with Gasteiger partial charge in [-0.15, -0.1) is 0 Å². The van der Waals surface area contributed by atoms with Gasteiger partial charge >= 0.3 is 0 Å². The van der Waals surface area contributed by atoms with E-state index in [2.05, 4.69) is 0 Å². The van der Waals surface area contributed by atoms with Gasteiger partial charge in [0.1, 0.15) is 10.7 Å². The number of benzene rings is 2. The van der Waals surface area contributed by atoms with Crippen molar-refractivity contribution in [3.8, 4) is 5.75 Å². The van der Waals surface area contributed by atoms with Gasteiger partial charge in [-0.25, -0.2) is 8.42 Å². The second-order valence-electron chi connectivity index (χ2n) is 5.33. The fourth-order valence-corrected chi connectivity index (χ4v) is 3.58. The van der Waals surface area contributed by atoms with Crippen molar-refractivity contribution in [1.29, 1.82) is 0 Å². The zero-order chi connectivity index (χ0) is 17.7. The summed E-state index contributed by atoms with van der Waals surface area (Å²) in [6.45, 7) is 0. The standard InChI is InChI=1S/C18H19NO4S/c1-19(2)13-17(24(21,22)16-7-5-4-6-8-16)18(20)14-9-11-15(23-3)12-10-14/h4-13H,1-3H3. The number of ether oxygens (including phenoxy) is 1. The van der Waals surface area contributed by atoms with E-state index in [-0.39, 0.29) is 15.4 Å². The van der Waals surface area contributed by atoms with Crippen molar-refractivity contribution >= 4 is 15.6 Å². The average Bonchev–Trinajstić information content (AvgIpc) is 2.59. The second kappa shape index (κ2) is 7.31. The number of carbonyl (C=O) groups is 1. The Balaban J connectivity index is 2.51. The normalized spacial score (nSPS) is 11.9. The lowest BCUT2D eigenvalue weighted by molar-refractivity contribution is 0.104. The van der Waals surface area contributed by atoms with Crippen LogP contribution in [0.4, 0.5) is 0 Å². The minimum Gasteiger partial charge on any atom is -0.497 e. The summed E-state index contributed by atoms with van der Waals surface area (Å²) in [5.74, 6) is 0.0332.